The molecule has 1 fully saturated rings. The molecule has 2 aromatic rings. The van der Waals surface area contributed by atoms with Crippen molar-refractivity contribution in [3.05, 3.63) is 24.5 Å². The Hall–Kier alpha value is -2.00. The number of carbonyl (C=O) groups is 1. The maximum absolute atomic E-state index is 14.4. The lowest BCUT2D eigenvalue weighted by molar-refractivity contribution is -0.217. The van der Waals surface area contributed by atoms with E-state index in [1.54, 1.807) is 11.8 Å². The van der Waals surface area contributed by atoms with Crippen LogP contribution in [0.1, 0.15) is 19.8 Å². The standard InChI is InChI=1S/C18H21F2N3O3S/c1-3-26-16(24)18(19,20)17(25)6-8-23(9-7-17)15-13-10-12(27-2)4-5-14(13)21-11-22-15/h4-5,10-11,25H,3,6-9H2,1-2H3. The summed E-state index contributed by atoms with van der Waals surface area (Å²) in [5.74, 6) is -5.00. The van der Waals surface area contributed by atoms with E-state index in [-0.39, 0.29) is 32.5 Å². The zero-order chi connectivity index (χ0) is 19.7. The minimum atomic E-state index is -3.95. The van der Waals surface area contributed by atoms with Crippen molar-refractivity contribution in [1.82, 2.24) is 9.97 Å². The minimum absolute atomic E-state index is 0.140. The summed E-state index contributed by atoms with van der Waals surface area (Å²) in [4.78, 5) is 23.0. The highest BCUT2D eigenvalue weighted by atomic mass is 32.2. The van der Waals surface area contributed by atoms with Gasteiger partial charge in [0.25, 0.3) is 0 Å². The van der Waals surface area contributed by atoms with Crippen LogP contribution in [0, 0.1) is 0 Å². The lowest BCUT2D eigenvalue weighted by Gasteiger charge is -2.41. The first-order valence-corrected chi connectivity index (χ1v) is 9.86. The number of esters is 1. The van der Waals surface area contributed by atoms with Crippen molar-refractivity contribution in [1.29, 1.82) is 0 Å². The molecule has 3 rings (SSSR count). The number of halogens is 2. The predicted molar refractivity (Wildman–Crippen MR) is 99.3 cm³/mol. The van der Waals surface area contributed by atoms with Gasteiger partial charge in [0, 0.05) is 36.2 Å². The van der Waals surface area contributed by atoms with Crippen molar-refractivity contribution in [2.24, 2.45) is 0 Å². The second-order valence-corrected chi connectivity index (χ2v) is 7.27. The zero-order valence-electron chi connectivity index (χ0n) is 15.1. The Balaban J connectivity index is 1.84. The summed E-state index contributed by atoms with van der Waals surface area (Å²) in [5.41, 5.74) is -1.67. The number of nitrogens with zero attached hydrogens (tertiary/aromatic N) is 3. The fraction of sp³-hybridized carbons (Fsp3) is 0.500. The Morgan fingerprint density at radius 2 is 2.07 bits per heavy atom. The van der Waals surface area contributed by atoms with Gasteiger partial charge in [-0.2, -0.15) is 8.78 Å². The summed E-state index contributed by atoms with van der Waals surface area (Å²) >= 11 is 1.59. The van der Waals surface area contributed by atoms with Crippen LogP contribution in [0.4, 0.5) is 14.6 Å². The Kier molecular flexibility index (Phi) is 5.53. The van der Waals surface area contributed by atoms with E-state index in [2.05, 4.69) is 14.7 Å². The number of alkyl halides is 2. The van der Waals surface area contributed by atoms with Crippen LogP contribution in [0.2, 0.25) is 0 Å². The average molecular weight is 397 g/mol. The molecule has 0 amide bonds. The Morgan fingerprint density at radius 3 is 2.70 bits per heavy atom. The zero-order valence-corrected chi connectivity index (χ0v) is 15.9. The van der Waals surface area contributed by atoms with E-state index in [0.29, 0.717) is 5.82 Å². The van der Waals surface area contributed by atoms with Crippen molar-refractivity contribution >= 4 is 34.5 Å². The van der Waals surface area contributed by atoms with E-state index in [1.807, 2.05) is 29.4 Å². The van der Waals surface area contributed by atoms with Crippen molar-refractivity contribution in [3.8, 4) is 0 Å². The maximum Gasteiger partial charge on any atom is 0.380 e. The van der Waals surface area contributed by atoms with Gasteiger partial charge >= 0.3 is 11.9 Å². The Bertz CT molecular complexity index is 842. The molecule has 6 nitrogen and oxygen atoms in total. The van der Waals surface area contributed by atoms with Crippen molar-refractivity contribution in [2.75, 3.05) is 30.9 Å². The highest BCUT2D eigenvalue weighted by Crippen LogP contribution is 2.40. The van der Waals surface area contributed by atoms with Gasteiger partial charge in [-0.25, -0.2) is 14.8 Å². The number of thioether (sulfide) groups is 1. The van der Waals surface area contributed by atoms with Gasteiger partial charge in [-0.15, -0.1) is 11.8 Å². The fourth-order valence-electron chi connectivity index (χ4n) is 3.22. The molecule has 27 heavy (non-hydrogen) atoms. The third kappa shape index (κ3) is 3.58. The van der Waals surface area contributed by atoms with Crippen LogP contribution in [0.5, 0.6) is 0 Å². The second kappa shape index (κ2) is 7.55. The molecule has 0 aliphatic carbocycles. The predicted octanol–water partition coefficient (Wildman–Crippen LogP) is 2.88. The normalized spacial score (nSPS) is 17.1. The Morgan fingerprint density at radius 1 is 1.37 bits per heavy atom. The minimum Gasteiger partial charge on any atom is -0.461 e. The fourth-order valence-corrected chi connectivity index (χ4v) is 3.66. The molecule has 0 spiro atoms. The van der Waals surface area contributed by atoms with Crippen molar-refractivity contribution in [2.45, 2.75) is 36.2 Å². The number of piperidine rings is 1. The number of aliphatic hydroxyl groups is 1. The first-order valence-electron chi connectivity index (χ1n) is 8.63. The highest BCUT2D eigenvalue weighted by Gasteiger charge is 2.60. The number of hydrogen-bond acceptors (Lipinski definition) is 7. The lowest BCUT2D eigenvalue weighted by Crippen LogP contribution is -2.59. The molecule has 1 aliphatic rings. The van der Waals surface area contributed by atoms with Gasteiger partial charge in [0.2, 0.25) is 0 Å². The molecule has 0 bridgehead atoms. The Labute approximate surface area is 159 Å². The van der Waals surface area contributed by atoms with E-state index in [1.165, 1.54) is 13.3 Å². The summed E-state index contributed by atoms with van der Waals surface area (Å²) < 4.78 is 33.2. The quantitative estimate of drug-likeness (QED) is 0.614. The highest BCUT2D eigenvalue weighted by molar-refractivity contribution is 7.98. The molecule has 0 unspecified atom stereocenters. The molecule has 1 aromatic carbocycles. The first kappa shape index (κ1) is 19.8. The van der Waals surface area contributed by atoms with Crippen LogP contribution < -0.4 is 4.90 Å². The summed E-state index contributed by atoms with van der Waals surface area (Å²) in [5, 5.41) is 11.3. The first-order chi connectivity index (χ1) is 12.8. The molecular formula is C18H21F2N3O3S. The number of benzene rings is 1. The van der Waals surface area contributed by atoms with Gasteiger partial charge in [-0.1, -0.05) is 0 Å². The SMILES string of the molecule is CCOC(=O)C(F)(F)C1(O)CCN(c2ncnc3ccc(SC)cc23)CC1. The molecule has 1 aliphatic heterocycles. The third-order valence-corrected chi connectivity index (χ3v) is 5.55. The number of ether oxygens (including phenoxy) is 1. The van der Waals surface area contributed by atoms with Crippen LogP contribution >= 0.6 is 11.8 Å². The molecule has 1 aromatic heterocycles. The van der Waals surface area contributed by atoms with E-state index in [4.69, 9.17) is 0 Å². The molecule has 0 saturated carbocycles. The number of rotatable bonds is 5. The topological polar surface area (TPSA) is 75.6 Å². The van der Waals surface area contributed by atoms with Gasteiger partial charge in [0.1, 0.15) is 17.7 Å². The van der Waals surface area contributed by atoms with Crippen LogP contribution in [0.3, 0.4) is 0 Å². The molecular weight excluding hydrogens is 376 g/mol. The molecule has 146 valence electrons. The van der Waals surface area contributed by atoms with Gasteiger partial charge < -0.3 is 14.7 Å². The smallest absolute Gasteiger partial charge is 0.380 e. The largest absolute Gasteiger partial charge is 0.461 e. The van der Waals surface area contributed by atoms with Crippen LogP contribution in [0.25, 0.3) is 10.9 Å². The number of hydrogen-bond donors (Lipinski definition) is 1. The summed E-state index contributed by atoms with van der Waals surface area (Å²) in [6.45, 7) is 1.56. The molecule has 9 heteroatoms. The van der Waals surface area contributed by atoms with Gasteiger partial charge in [-0.3, -0.25) is 0 Å². The van der Waals surface area contributed by atoms with Crippen LogP contribution in [0.15, 0.2) is 29.4 Å². The number of aromatic nitrogens is 2. The summed E-state index contributed by atoms with van der Waals surface area (Å²) in [6, 6.07) is 5.81. The number of anilines is 1. The van der Waals surface area contributed by atoms with Crippen molar-refractivity contribution < 1.29 is 23.4 Å². The molecule has 0 atom stereocenters. The third-order valence-electron chi connectivity index (χ3n) is 4.83. The molecule has 1 saturated heterocycles. The van der Waals surface area contributed by atoms with Gasteiger partial charge in [-0.05, 0) is 31.4 Å². The summed E-state index contributed by atoms with van der Waals surface area (Å²) in [6.07, 6.45) is 2.85. The van der Waals surface area contributed by atoms with Crippen LogP contribution in [-0.2, 0) is 9.53 Å². The number of fused-ring (bicyclic) bond motifs is 1. The number of carbonyl (C=O) groups excluding carboxylic acids is 1. The van der Waals surface area contributed by atoms with Gasteiger partial charge in [0.15, 0.2) is 0 Å². The van der Waals surface area contributed by atoms with E-state index in [9.17, 15) is 18.7 Å². The molecule has 2 heterocycles. The average Bonchev–Trinajstić information content (AvgIpc) is 2.68. The molecule has 0 radical (unpaired) electrons. The lowest BCUT2D eigenvalue weighted by atomic mass is 9.85. The van der Waals surface area contributed by atoms with Crippen LogP contribution in [-0.4, -0.2) is 58.5 Å². The van der Waals surface area contributed by atoms with E-state index in [0.717, 1.165) is 15.8 Å². The maximum atomic E-state index is 14.4. The monoisotopic (exact) mass is 397 g/mol. The van der Waals surface area contributed by atoms with E-state index >= 15 is 0 Å². The summed E-state index contributed by atoms with van der Waals surface area (Å²) in [7, 11) is 0. The van der Waals surface area contributed by atoms with Crippen molar-refractivity contribution in [3.63, 3.8) is 0 Å². The molecule has 1 N–H and O–H groups in total. The van der Waals surface area contributed by atoms with E-state index < -0.39 is 17.5 Å². The second-order valence-electron chi connectivity index (χ2n) is 6.39. The van der Waals surface area contributed by atoms with Gasteiger partial charge in [0.05, 0.1) is 12.1 Å².